The fraction of sp³-hybridized carbons (Fsp3) is 0.357. The summed E-state index contributed by atoms with van der Waals surface area (Å²) >= 11 is 0. The Bertz CT molecular complexity index is 374. The van der Waals surface area contributed by atoms with E-state index in [1.807, 2.05) is 12.1 Å². The maximum atomic E-state index is 11.3. The second-order valence-corrected chi connectivity index (χ2v) is 3.56. The zero-order valence-electron chi connectivity index (χ0n) is 10.1. The molecule has 0 saturated carbocycles. The summed E-state index contributed by atoms with van der Waals surface area (Å²) in [7, 11) is 1.39. The molecular formula is C14H18O2. The van der Waals surface area contributed by atoms with Crippen LogP contribution in [0.1, 0.15) is 42.6 Å². The van der Waals surface area contributed by atoms with Crippen molar-refractivity contribution in [3.8, 4) is 0 Å². The van der Waals surface area contributed by atoms with Crippen molar-refractivity contribution >= 4 is 11.5 Å². The van der Waals surface area contributed by atoms with Crippen LogP contribution in [-0.2, 0) is 4.74 Å². The van der Waals surface area contributed by atoms with Crippen LogP contribution in [0, 0.1) is 0 Å². The van der Waals surface area contributed by atoms with Crippen LogP contribution in [0.15, 0.2) is 30.3 Å². The fourth-order valence-electron chi connectivity index (χ4n) is 1.65. The molecule has 0 aromatic heterocycles. The Kier molecular flexibility index (Phi) is 4.77. The minimum atomic E-state index is -0.288. The molecule has 0 saturated heterocycles. The number of carbonyl (C=O) groups excluding carboxylic acids is 1. The van der Waals surface area contributed by atoms with Crippen molar-refractivity contribution in [1.29, 1.82) is 0 Å². The van der Waals surface area contributed by atoms with Crippen molar-refractivity contribution in [2.45, 2.75) is 26.7 Å². The Morgan fingerprint density at radius 3 is 2.19 bits per heavy atom. The van der Waals surface area contributed by atoms with Gasteiger partial charge in [-0.05, 0) is 36.1 Å². The Morgan fingerprint density at radius 2 is 1.75 bits per heavy atom. The molecule has 2 heteroatoms. The van der Waals surface area contributed by atoms with Gasteiger partial charge in [0, 0.05) is 0 Å². The largest absolute Gasteiger partial charge is 0.465 e. The summed E-state index contributed by atoms with van der Waals surface area (Å²) < 4.78 is 4.66. The maximum absolute atomic E-state index is 11.3. The molecule has 0 aliphatic rings. The van der Waals surface area contributed by atoms with E-state index in [0.29, 0.717) is 5.56 Å². The number of rotatable bonds is 4. The van der Waals surface area contributed by atoms with Gasteiger partial charge in [0.05, 0.1) is 12.7 Å². The molecule has 0 radical (unpaired) electrons. The van der Waals surface area contributed by atoms with Gasteiger partial charge in [-0.25, -0.2) is 4.79 Å². The standard InChI is InChI=1S/C14H18O2/c1-4-6-11(5-2)12-7-9-13(10-8-12)14(15)16-3/h6-10H,4-5H2,1-3H3/b11-6+. The van der Waals surface area contributed by atoms with Crippen LogP contribution in [0.3, 0.4) is 0 Å². The number of esters is 1. The molecule has 0 aliphatic carbocycles. The zero-order valence-corrected chi connectivity index (χ0v) is 10.1. The van der Waals surface area contributed by atoms with Gasteiger partial charge in [0.2, 0.25) is 0 Å². The fourth-order valence-corrected chi connectivity index (χ4v) is 1.65. The Balaban J connectivity index is 2.94. The normalized spacial score (nSPS) is 11.3. The Hall–Kier alpha value is -1.57. The molecule has 0 atom stereocenters. The topological polar surface area (TPSA) is 26.3 Å². The number of hydrogen-bond acceptors (Lipinski definition) is 2. The van der Waals surface area contributed by atoms with Gasteiger partial charge >= 0.3 is 5.97 Å². The molecule has 0 aliphatic heterocycles. The third kappa shape index (κ3) is 2.96. The number of hydrogen-bond donors (Lipinski definition) is 0. The highest BCUT2D eigenvalue weighted by Crippen LogP contribution is 2.19. The first-order valence-corrected chi connectivity index (χ1v) is 5.60. The average molecular weight is 218 g/mol. The highest BCUT2D eigenvalue weighted by molar-refractivity contribution is 5.89. The van der Waals surface area contributed by atoms with Gasteiger partial charge < -0.3 is 4.74 Å². The molecule has 1 aromatic rings. The third-order valence-corrected chi connectivity index (χ3v) is 2.51. The molecule has 0 bridgehead atoms. The predicted octanol–water partition coefficient (Wildman–Crippen LogP) is 3.68. The maximum Gasteiger partial charge on any atom is 0.337 e. The molecule has 0 heterocycles. The Labute approximate surface area is 96.9 Å². The van der Waals surface area contributed by atoms with Crippen LogP contribution in [0.4, 0.5) is 0 Å². The first-order chi connectivity index (χ1) is 7.72. The van der Waals surface area contributed by atoms with Crippen LogP contribution < -0.4 is 0 Å². The van der Waals surface area contributed by atoms with Crippen LogP contribution in [0.5, 0.6) is 0 Å². The Morgan fingerprint density at radius 1 is 1.19 bits per heavy atom. The first kappa shape index (κ1) is 12.5. The lowest BCUT2D eigenvalue weighted by atomic mass is 10.0. The van der Waals surface area contributed by atoms with Crippen LogP contribution in [0.25, 0.3) is 5.57 Å². The third-order valence-electron chi connectivity index (χ3n) is 2.51. The molecule has 0 amide bonds. The number of ether oxygens (including phenoxy) is 1. The van der Waals surface area contributed by atoms with Crippen molar-refractivity contribution in [1.82, 2.24) is 0 Å². The monoisotopic (exact) mass is 218 g/mol. The van der Waals surface area contributed by atoms with E-state index in [1.165, 1.54) is 18.2 Å². The second-order valence-electron chi connectivity index (χ2n) is 3.56. The highest BCUT2D eigenvalue weighted by Gasteiger charge is 2.05. The van der Waals surface area contributed by atoms with E-state index in [4.69, 9.17) is 0 Å². The average Bonchev–Trinajstić information content (AvgIpc) is 2.35. The van der Waals surface area contributed by atoms with E-state index in [9.17, 15) is 4.79 Å². The van der Waals surface area contributed by atoms with Gasteiger partial charge in [0.15, 0.2) is 0 Å². The van der Waals surface area contributed by atoms with E-state index in [0.717, 1.165) is 12.8 Å². The highest BCUT2D eigenvalue weighted by atomic mass is 16.5. The van der Waals surface area contributed by atoms with E-state index in [1.54, 1.807) is 12.1 Å². The van der Waals surface area contributed by atoms with Gasteiger partial charge in [0.1, 0.15) is 0 Å². The molecule has 86 valence electrons. The van der Waals surface area contributed by atoms with E-state index < -0.39 is 0 Å². The molecule has 16 heavy (non-hydrogen) atoms. The van der Waals surface area contributed by atoms with Gasteiger partial charge in [-0.3, -0.25) is 0 Å². The lowest BCUT2D eigenvalue weighted by Gasteiger charge is -2.05. The summed E-state index contributed by atoms with van der Waals surface area (Å²) in [5, 5.41) is 0. The number of methoxy groups -OCH3 is 1. The van der Waals surface area contributed by atoms with E-state index in [-0.39, 0.29) is 5.97 Å². The molecule has 2 nitrogen and oxygen atoms in total. The smallest absolute Gasteiger partial charge is 0.337 e. The first-order valence-electron chi connectivity index (χ1n) is 5.60. The van der Waals surface area contributed by atoms with Gasteiger partial charge in [-0.1, -0.05) is 32.1 Å². The van der Waals surface area contributed by atoms with Gasteiger partial charge in [-0.2, -0.15) is 0 Å². The predicted molar refractivity (Wildman–Crippen MR) is 66.3 cm³/mol. The van der Waals surface area contributed by atoms with E-state index >= 15 is 0 Å². The van der Waals surface area contributed by atoms with Crippen LogP contribution >= 0.6 is 0 Å². The zero-order chi connectivity index (χ0) is 12.0. The van der Waals surface area contributed by atoms with Crippen LogP contribution in [0.2, 0.25) is 0 Å². The van der Waals surface area contributed by atoms with E-state index in [2.05, 4.69) is 24.7 Å². The summed E-state index contributed by atoms with van der Waals surface area (Å²) in [4.78, 5) is 11.3. The molecule has 1 rings (SSSR count). The van der Waals surface area contributed by atoms with Crippen molar-refractivity contribution in [2.75, 3.05) is 7.11 Å². The summed E-state index contributed by atoms with van der Waals surface area (Å²) in [6.45, 7) is 4.26. The lowest BCUT2D eigenvalue weighted by molar-refractivity contribution is 0.0601. The molecule has 1 aromatic carbocycles. The van der Waals surface area contributed by atoms with Crippen LogP contribution in [-0.4, -0.2) is 13.1 Å². The second kappa shape index (κ2) is 6.11. The molecular weight excluding hydrogens is 200 g/mol. The minimum absolute atomic E-state index is 0.288. The summed E-state index contributed by atoms with van der Waals surface area (Å²) in [6.07, 6.45) is 4.25. The summed E-state index contributed by atoms with van der Waals surface area (Å²) in [5.74, 6) is -0.288. The summed E-state index contributed by atoms with van der Waals surface area (Å²) in [5.41, 5.74) is 3.09. The number of benzene rings is 1. The van der Waals surface area contributed by atoms with Crippen molar-refractivity contribution in [3.05, 3.63) is 41.5 Å². The quantitative estimate of drug-likeness (QED) is 0.721. The van der Waals surface area contributed by atoms with Gasteiger partial charge in [0.25, 0.3) is 0 Å². The van der Waals surface area contributed by atoms with Gasteiger partial charge in [-0.15, -0.1) is 0 Å². The van der Waals surface area contributed by atoms with Crippen molar-refractivity contribution in [3.63, 3.8) is 0 Å². The molecule has 0 unspecified atom stereocenters. The van der Waals surface area contributed by atoms with Crippen molar-refractivity contribution in [2.24, 2.45) is 0 Å². The molecule has 0 N–H and O–H groups in total. The number of allylic oxidation sites excluding steroid dienone is 2. The minimum Gasteiger partial charge on any atom is -0.465 e. The molecule has 0 fully saturated rings. The summed E-state index contributed by atoms with van der Waals surface area (Å²) in [6, 6.07) is 7.55. The van der Waals surface area contributed by atoms with Crippen molar-refractivity contribution < 1.29 is 9.53 Å². The number of carbonyl (C=O) groups is 1. The molecule has 0 spiro atoms. The SMILES string of the molecule is CC/C=C(\CC)c1ccc(C(=O)OC)cc1. The lowest BCUT2D eigenvalue weighted by Crippen LogP contribution is -2.00.